The molecule has 0 atom stereocenters. The fourth-order valence-corrected chi connectivity index (χ4v) is 7.66. The summed E-state index contributed by atoms with van der Waals surface area (Å²) in [7, 11) is 1.64. The van der Waals surface area contributed by atoms with E-state index in [1.807, 2.05) is 13.9 Å². The summed E-state index contributed by atoms with van der Waals surface area (Å²) >= 11 is 0.737. The van der Waals surface area contributed by atoms with Crippen LogP contribution in [0.5, 0.6) is 0 Å². The van der Waals surface area contributed by atoms with Gasteiger partial charge in [-0.15, -0.1) is 0 Å². The summed E-state index contributed by atoms with van der Waals surface area (Å²) in [6, 6.07) is 0. The van der Waals surface area contributed by atoms with Gasteiger partial charge in [-0.25, -0.2) is 0 Å². The van der Waals surface area contributed by atoms with Crippen molar-refractivity contribution in [3.05, 3.63) is 13.9 Å². The van der Waals surface area contributed by atoms with Crippen molar-refractivity contribution in [1.82, 2.24) is 0 Å². The SMILES string of the molecule is CCC(C)(C)c1pc2c([se]1)CCCCC2. The molecule has 0 saturated carbocycles. The number of hydrogen-bond acceptors (Lipinski definition) is 0. The Balaban J connectivity index is 2.29. The summed E-state index contributed by atoms with van der Waals surface area (Å²) in [5.41, 5.74) is 0.494. The molecule has 0 nitrogen and oxygen atoms in total. The molecule has 0 amide bonds. The Kier molecular flexibility index (Phi) is 3.76. The number of hydrogen-bond donors (Lipinski definition) is 0. The zero-order valence-corrected chi connectivity index (χ0v) is 12.7. The summed E-state index contributed by atoms with van der Waals surface area (Å²) in [5.74, 6) is 0. The number of aryl methyl sites for hydroxylation is 2. The Hall–Kier alpha value is 0.429. The van der Waals surface area contributed by atoms with E-state index in [4.69, 9.17) is 0 Å². The van der Waals surface area contributed by atoms with Gasteiger partial charge in [0.2, 0.25) is 0 Å². The first-order chi connectivity index (χ1) is 7.13. The standard InChI is InChI=1S/C13H21PSe/c1-4-13(2,3)12-14-10-8-6-5-7-9-11(10)15-12/h4-9H2,1-3H3. The first-order valence-electron chi connectivity index (χ1n) is 6.12. The molecule has 1 heterocycles. The van der Waals surface area contributed by atoms with E-state index in [0.717, 1.165) is 14.5 Å². The van der Waals surface area contributed by atoms with Crippen LogP contribution in [0.3, 0.4) is 0 Å². The normalized spacial score (nSPS) is 17.8. The predicted octanol–water partition coefficient (Wildman–Crippen LogP) is 4.28. The first kappa shape index (κ1) is 11.9. The van der Waals surface area contributed by atoms with Crippen molar-refractivity contribution in [2.24, 2.45) is 0 Å². The van der Waals surface area contributed by atoms with Crippen molar-refractivity contribution in [3.8, 4) is 0 Å². The minimum absolute atomic E-state index is 0.494. The fourth-order valence-electron chi connectivity index (χ4n) is 1.97. The second-order valence-corrected chi connectivity index (χ2v) is 9.40. The quantitative estimate of drug-likeness (QED) is 0.562. The van der Waals surface area contributed by atoms with Gasteiger partial charge in [0.25, 0.3) is 0 Å². The molecule has 1 aromatic rings. The van der Waals surface area contributed by atoms with Gasteiger partial charge in [-0.05, 0) is 0 Å². The molecule has 84 valence electrons. The van der Waals surface area contributed by atoms with E-state index in [1.54, 1.807) is 8.19 Å². The molecule has 0 saturated heterocycles. The van der Waals surface area contributed by atoms with Crippen molar-refractivity contribution in [3.63, 3.8) is 0 Å². The van der Waals surface area contributed by atoms with Crippen LogP contribution in [0.25, 0.3) is 0 Å². The molecule has 0 unspecified atom stereocenters. The Bertz CT molecular complexity index is 315. The summed E-state index contributed by atoms with van der Waals surface area (Å²) in [4.78, 5) is 0. The van der Waals surface area contributed by atoms with Gasteiger partial charge in [0.15, 0.2) is 0 Å². The molecule has 1 aliphatic rings. The van der Waals surface area contributed by atoms with Crippen molar-refractivity contribution in [1.29, 1.82) is 0 Å². The van der Waals surface area contributed by atoms with Crippen LogP contribution in [0, 0.1) is 0 Å². The van der Waals surface area contributed by atoms with Crippen molar-refractivity contribution in [2.45, 2.75) is 64.7 Å². The molecule has 0 aromatic carbocycles. The second kappa shape index (κ2) is 4.74. The summed E-state index contributed by atoms with van der Waals surface area (Å²) in [5, 5.41) is 1.82. The number of fused-ring (bicyclic) bond motifs is 1. The van der Waals surface area contributed by atoms with Gasteiger partial charge in [-0.3, -0.25) is 0 Å². The van der Waals surface area contributed by atoms with Crippen molar-refractivity contribution < 1.29 is 0 Å². The minimum atomic E-state index is 0.494. The fraction of sp³-hybridized carbons (Fsp3) is 0.769. The van der Waals surface area contributed by atoms with Crippen molar-refractivity contribution >= 4 is 22.7 Å². The van der Waals surface area contributed by atoms with Crippen LogP contribution in [-0.2, 0) is 18.3 Å². The zero-order chi connectivity index (χ0) is 10.9. The Morgan fingerprint density at radius 2 is 1.93 bits per heavy atom. The third kappa shape index (κ3) is 2.57. The molecule has 1 aromatic heterocycles. The average Bonchev–Trinajstić information content (AvgIpc) is 2.51. The maximum absolute atomic E-state index is 2.43. The molecule has 0 radical (unpaired) electrons. The molecule has 15 heavy (non-hydrogen) atoms. The molecule has 0 aliphatic heterocycles. The van der Waals surface area contributed by atoms with E-state index in [9.17, 15) is 0 Å². The topological polar surface area (TPSA) is 0 Å². The van der Waals surface area contributed by atoms with E-state index >= 15 is 0 Å². The van der Waals surface area contributed by atoms with Gasteiger partial charge >= 0.3 is 101 Å². The third-order valence-corrected chi connectivity index (χ3v) is 9.55. The zero-order valence-electron chi connectivity index (χ0n) is 10.1. The average molecular weight is 287 g/mol. The molecule has 0 N–H and O–H groups in total. The molecule has 1 aliphatic carbocycles. The van der Waals surface area contributed by atoms with E-state index in [2.05, 4.69) is 20.8 Å². The third-order valence-electron chi connectivity index (χ3n) is 3.56. The molecular formula is C13H21PSe. The van der Waals surface area contributed by atoms with Gasteiger partial charge in [-0.2, -0.15) is 0 Å². The summed E-state index contributed by atoms with van der Waals surface area (Å²) in [6.45, 7) is 7.20. The van der Waals surface area contributed by atoms with E-state index in [-0.39, 0.29) is 0 Å². The molecule has 0 bridgehead atoms. The van der Waals surface area contributed by atoms with Crippen LogP contribution in [0.4, 0.5) is 0 Å². The monoisotopic (exact) mass is 288 g/mol. The van der Waals surface area contributed by atoms with Crippen LogP contribution >= 0.6 is 8.19 Å². The molecule has 2 rings (SSSR count). The van der Waals surface area contributed by atoms with Gasteiger partial charge in [0, 0.05) is 0 Å². The van der Waals surface area contributed by atoms with Gasteiger partial charge in [-0.1, -0.05) is 0 Å². The molecule has 2 heteroatoms. The Labute approximate surface area is 101 Å². The molecular weight excluding hydrogens is 266 g/mol. The van der Waals surface area contributed by atoms with Crippen LogP contribution in [0.2, 0.25) is 0 Å². The van der Waals surface area contributed by atoms with Gasteiger partial charge < -0.3 is 0 Å². The van der Waals surface area contributed by atoms with E-state index in [1.165, 1.54) is 38.5 Å². The molecule has 0 fully saturated rings. The van der Waals surface area contributed by atoms with Crippen LogP contribution in [0.15, 0.2) is 0 Å². The van der Waals surface area contributed by atoms with Gasteiger partial charge in [0.05, 0.1) is 0 Å². The maximum atomic E-state index is 2.43. The van der Waals surface area contributed by atoms with Crippen LogP contribution in [-0.4, -0.2) is 14.5 Å². The Morgan fingerprint density at radius 3 is 2.67 bits per heavy atom. The molecule has 0 spiro atoms. The number of rotatable bonds is 2. The van der Waals surface area contributed by atoms with E-state index < -0.39 is 0 Å². The van der Waals surface area contributed by atoms with Crippen LogP contribution in [0.1, 0.15) is 60.4 Å². The predicted molar refractivity (Wildman–Crippen MR) is 70.5 cm³/mol. The Morgan fingerprint density at radius 1 is 1.20 bits per heavy atom. The van der Waals surface area contributed by atoms with Gasteiger partial charge in [0.1, 0.15) is 0 Å². The van der Waals surface area contributed by atoms with Crippen molar-refractivity contribution in [2.75, 3.05) is 0 Å². The summed E-state index contributed by atoms with van der Waals surface area (Å²) < 4.78 is 3.72. The van der Waals surface area contributed by atoms with Crippen LogP contribution < -0.4 is 0 Å². The first-order valence-corrected chi connectivity index (χ1v) is 8.73. The van der Waals surface area contributed by atoms with E-state index in [0.29, 0.717) is 5.41 Å². The summed E-state index contributed by atoms with van der Waals surface area (Å²) in [6.07, 6.45) is 8.49. The second-order valence-electron chi connectivity index (χ2n) is 5.19.